The summed E-state index contributed by atoms with van der Waals surface area (Å²) in [5.74, 6) is 1.76. The second-order valence-corrected chi connectivity index (χ2v) is 9.12. The highest BCUT2D eigenvalue weighted by Gasteiger charge is 2.10. The first kappa shape index (κ1) is 20.1. The Bertz CT molecular complexity index is 786. The Kier molecular flexibility index (Phi) is 7.44. The summed E-state index contributed by atoms with van der Waals surface area (Å²) in [4.78, 5) is 2.39. The highest BCUT2D eigenvalue weighted by atomic mass is 79.9. The second-order valence-electron chi connectivity index (χ2n) is 6.35. The lowest BCUT2D eigenvalue weighted by Crippen LogP contribution is -2.22. The Labute approximate surface area is 176 Å². The van der Waals surface area contributed by atoms with Gasteiger partial charge in [-0.1, -0.05) is 36.4 Å². The summed E-state index contributed by atoms with van der Waals surface area (Å²) in [5.41, 5.74) is 3.73. The number of rotatable bonds is 8. The lowest BCUT2D eigenvalue weighted by Gasteiger charge is -2.26. The van der Waals surface area contributed by atoms with Gasteiger partial charge in [-0.15, -0.1) is 0 Å². The van der Waals surface area contributed by atoms with Crippen molar-refractivity contribution in [3.63, 3.8) is 0 Å². The van der Waals surface area contributed by atoms with Gasteiger partial charge in [0.15, 0.2) is 0 Å². The van der Waals surface area contributed by atoms with E-state index in [1.165, 1.54) is 20.5 Å². The largest absolute Gasteiger partial charge is 0.506 e. The van der Waals surface area contributed by atoms with Crippen molar-refractivity contribution >= 4 is 40.5 Å². The molecule has 0 fully saturated rings. The molecule has 0 aromatic heterocycles. The molecule has 0 bridgehead atoms. The highest BCUT2D eigenvalue weighted by molar-refractivity contribution is 9.23. The van der Waals surface area contributed by atoms with Crippen LogP contribution in [0.25, 0.3) is 0 Å². The van der Waals surface area contributed by atoms with Crippen LogP contribution in [0.5, 0.6) is 11.5 Å². The summed E-state index contributed by atoms with van der Waals surface area (Å²) in [5, 5.41) is 0. The minimum Gasteiger partial charge on any atom is -0.497 e. The van der Waals surface area contributed by atoms with E-state index in [-0.39, 0.29) is 18.2 Å². The predicted molar refractivity (Wildman–Crippen MR) is 117 cm³/mol. The number of halogens is 1. The van der Waals surface area contributed by atoms with Crippen LogP contribution in [-0.2, 0) is 13.1 Å². The number of hydrogen-bond acceptors (Lipinski definition) is 3. The second kappa shape index (κ2) is 10.0. The lowest BCUT2D eigenvalue weighted by atomic mass is 10.1. The highest BCUT2D eigenvalue weighted by Crippen LogP contribution is 2.22. The molecule has 0 radical (unpaired) electrons. The third-order valence-corrected chi connectivity index (χ3v) is 7.24. The zero-order valence-electron chi connectivity index (χ0n) is 15.7. The van der Waals surface area contributed by atoms with E-state index in [0.29, 0.717) is 0 Å². The summed E-state index contributed by atoms with van der Waals surface area (Å²) in [6, 6.07) is 25.4. The number of anilines is 1. The van der Waals surface area contributed by atoms with Gasteiger partial charge in [-0.25, -0.2) is 0 Å². The maximum absolute atomic E-state index is 5.28. The number of nitrogens with zero attached hydrogens (tertiary/aromatic N) is 1. The van der Waals surface area contributed by atoms with Gasteiger partial charge in [-0.05, 0) is 47.5 Å². The monoisotopic (exact) mass is 435 g/mol. The molecule has 5 heteroatoms. The molecule has 0 atom stereocenters. The molecule has 27 heavy (non-hydrogen) atoms. The lowest BCUT2D eigenvalue weighted by molar-refractivity contribution is 0.414. The van der Waals surface area contributed by atoms with Crippen LogP contribution in [0.3, 0.4) is 0 Å². The van der Waals surface area contributed by atoms with Crippen molar-refractivity contribution in [3.05, 3.63) is 83.9 Å². The Balaban J connectivity index is 1.83. The third kappa shape index (κ3) is 5.64. The molecule has 3 aromatic rings. The Morgan fingerprint density at radius 3 is 1.52 bits per heavy atom. The number of ether oxygens (including phenoxy) is 2. The minimum absolute atomic E-state index is 0.312. The smallest absolute Gasteiger partial charge is 0.497 e. The topological polar surface area (TPSA) is 21.7 Å². The Hall–Kier alpha value is -1.69. The van der Waals surface area contributed by atoms with Gasteiger partial charge in [0.05, 0.1) is 14.2 Å². The van der Waals surface area contributed by atoms with E-state index in [4.69, 9.17) is 9.47 Å². The standard InChI is InChI=1S/C22H22NO2.BrH.Mg/c1-24-21-12-8-18(9-13-21)16-23(20-6-4-3-5-7-20)17-19-10-14-22(25-2)15-11-19;;/h4-15H,16-17H2,1-2H3;1H;/q;;+1/p-1. The van der Waals surface area contributed by atoms with Crippen LogP contribution in [0.4, 0.5) is 5.69 Å². The Morgan fingerprint density at radius 2 is 1.15 bits per heavy atom. The van der Waals surface area contributed by atoms with E-state index in [2.05, 4.69) is 66.3 Å². The molecule has 0 saturated heterocycles. The van der Waals surface area contributed by atoms with Crippen molar-refractivity contribution in [2.45, 2.75) is 13.1 Å². The molecule has 3 aromatic carbocycles. The molecule has 3 rings (SSSR count). The van der Waals surface area contributed by atoms with Gasteiger partial charge in [0.1, 0.15) is 11.5 Å². The van der Waals surface area contributed by atoms with Gasteiger partial charge in [-0.3, -0.25) is 12.9 Å². The van der Waals surface area contributed by atoms with Gasteiger partial charge in [-0.2, -0.15) is 3.69 Å². The molecule has 0 heterocycles. The summed E-state index contributed by atoms with van der Waals surface area (Å²) in [7, 11) is 3.39. The van der Waals surface area contributed by atoms with Crippen molar-refractivity contribution in [2.75, 3.05) is 19.1 Å². The number of methoxy groups -OCH3 is 2. The molecule has 0 spiro atoms. The molecule has 0 N–H and O–H groups in total. The zero-order valence-corrected chi connectivity index (χ0v) is 18.7. The van der Waals surface area contributed by atoms with E-state index in [1.54, 1.807) is 14.2 Å². The fourth-order valence-electron chi connectivity index (χ4n) is 2.94. The fraction of sp³-hybridized carbons (Fsp3) is 0.182. The average Bonchev–Trinajstić information content (AvgIpc) is 2.74. The van der Waals surface area contributed by atoms with Crippen molar-refractivity contribution in [1.29, 1.82) is 0 Å². The molecule has 0 aliphatic rings. The summed E-state index contributed by atoms with van der Waals surface area (Å²) in [6.45, 7) is 1.67. The maximum Gasteiger partial charge on any atom is 0.506 e. The number of benzene rings is 3. The molecule has 136 valence electrons. The van der Waals surface area contributed by atoms with Crippen molar-refractivity contribution in [1.82, 2.24) is 0 Å². The van der Waals surface area contributed by atoms with Crippen LogP contribution in [0.1, 0.15) is 11.1 Å². The van der Waals surface area contributed by atoms with Gasteiger partial charge in [0.2, 0.25) is 0 Å². The zero-order chi connectivity index (χ0) is 19.1. The SMILES string of the molecule is COc1ccc(CN(Cc2ccc(OC)cc2)c2cc[c]([Mg][Br])cc2)cc1. The van der Waals surface area contributed by atoms with Gasteiger partial charge >= 0.3 is 18.2 Å². The average molecular weight is 437 g/mol. The van der Waals surface area contributed by atoms with E-state index >= 15 is 0 Å². The van der Waals surface area contributed by atoms with E-state index in [0.717, 1.165) is 24.6 Å². The first-order valence-corrected chi connectivity index (χ1v) is 13.5. The maximum atomic E-state index is 5.28. The van der Waals surface area contributed by atoms with Gasteiger partial charge in [0.25, 0.3) is 0 Å². The molecule has 0 amide bonds. The molecule has 3 nitrogen and oxygen atoms in total. The van der Waals surface area contributed by atoms with Gasteiger partial charge < -0.3 is 14.4 Å². The van der Waals surface area contributed by atoms with Crippen LogP contribution < -0.4 is 18.1 Å². The van der Waals surface area contributed by atoms with Crippen molar-refractivity contribution in [3.8, 4) is 11.5 Å². The summed E-state index contributed by atoms with van der Waals surface area (Å²) < 4.78 is 12.0. The van der Waals surface area contributed by atoms with Crippen molar-refractivity contribution in [2.24, 2.45) is 0 Å². The first-order valence-electron chi connectivity index (χ1n) is 8.87. The third-order valence-electron chi connectivity index (χ3n) is 4.52. The molecule has 0 unspecified atom stereocenters. The Morgan fingerprint density at radius 1 is 0.704 bits per heavy atom. The predicted octanol–water partition coefficient (Wildman–Crippen LogP) is 4.55. The number of hydrogen-bond donors (Lipinski definition) is 0. The normalized spacial score (nSPS) is 10.2. The van der Waals surface area contributed by atoms with Crippen LogP contribution in [0, 0.1) is 0 Å². The molecule has 0 saturated carbocycles. The fourth-order valence-corrected chi connectivity index (χ4v) is 4.47. The van der Waals surface area contributed by atoms with Crippen LogP contribution in [0.15, 0.2) is 72.8 Å². The van der Waals surface area contributed by atoms with Crippen LogP contribution >= 0.6 is 12.9 Å². The van der Waals surface area contributed by atoms with Crippen molar-refractivity contribution < 1.29 is 9.47 Å². The molecular formula is C22H22BrMgNO2. The first-order chi connectivity index (χ1) is 13.2. The minimum atomic E-state index is -0.312. The quantitative estimate of drug-likeness (QED) is 0.484. The molecule has 0 aliphatic heterocycles. The molecule has 0 aliphatic carbocycles. The van der Waals surface area contributed by atoms with E-state index < -0.39 is 0 Å². The van der Waals surface area contributed by atoms with Crippen LogP contribution in [-0.4, -0.2) is 32.4 Å². The summed E-state index contributed by atoms with van der Waals surface area (Å²) in [6.07, 6.45) is 0. The summed E-state index contributed by atoms with van der Waals surface area (Å²) >= 11 is 3.34. The molecular weight excluding hydrogens is 414 g/mol. The van der Waals surface area contributed by atoms with Gasteiger partial charge in [0, 0.05) is 18.8 Å². The van der Waals surface area contributed by atoms with E-state index in [9.17, 15) is 0 Å². The van der Waals surface area contributed by atoms with E-state index in [1.807, 2.05) is 24.3 Å². The van der Waals surface area contributed by atoms with Crippen LogP contribution in [0.2, 0.25) is 0 Å².